The summed E-state index contributed by atoms with van der Waals surface area (Å²) in [5, 5.41) is 5.02. The van der Waals surface area contributed by atoms with Gasteiger partial charge in [-0.15, -0.1) is 11.3 Å². The third kappa shape index (κ3) is 5.29. The van der Waals surface area contributed by atoms with Gasteiger partial charge in [0.25, 0.3) is 0 Å². The van der Waals surface area contributed by atoms with E-state index in [9.17, 15) is 13.2 Å². The van der Waals surface area contributed by atoms with Crippen LogP contribution in [0.25, 0.3) is 11.3 Å². The Hall–Kier alpha value is -1.97. The zero-order valence-electron chi connectivity index (χ0n) is 13.4. The molecule has 0 saturated carbocycles. The van der Waals surface area contributed by atoms with Crippen molar-refractivity contribution in [2.75, 3.05) is 16.3 Å². The minimum Gasteiger partial charge on any atom is -0.320 e. The van der Waals surface area contributed by atoms with Gasteiger partial charge < -0.3 is 11.1 Å². The Balaban J connectivity index is 2.06. The number of nitrogens with two attached hydrogens (primary N) is 1. The fraction of sp³-hybridized carbons (Fsp3) is 0.333. The monoisotopic (exact) mass is 368 g/mol. The molecule has 0 saturated heterocycles. The molecule has 1 atom stereocenters. The molecule has 1 aromatic carbocycles. The van der Waals surface area contributed by atoms with Crippen LogP contribution in [-0.4, -0.2) is 31.6 Å². The van der Waals surface area contributed by atoms with E-state index in [2.05, 4.69) is 15.0 Å². The highest BCUT2D eigenvalue weighted by Crippen LogP contribution is 2.26. The molecule has 0 bridgehead atoms. The Morgan fingerprint density at radius 2 is 2.00 bits per heavy atom. The van der Waals surface area contributed by atoms with Gasteiger partial charge in [-0.3, -0.25) is 9.52 Å². The zero-order chi connectivity index (χ0) is 17.7. The van der Waals surface area contributed by atoms with Gasteiger partial charge in [0.2, 0.25) is 15.9 Å². The number of aromatic nitrogens is 1. The number of hydrogen-bond donors (Lipinski definition) is 3. The van der Waals surface area contributed by atoms with E-state index in [1.54, 1.807) is 24.3 Å². The van der Waals surface area contributed by atoms with Gasteiger partial charge in [0.15, 0.2) is 5.13 Å². The second kappa shape index (κ2) is 7.73. The number of amides is 1. The molecule has 9 heteroatoms. The Morgan fingerprint density at radius 3 is 2.58 bits per heavy atom. The molecule has 24 heavy (non-hydrogen) atoms. The predicted molar refractivity (Wildman–Crippen MR) is 97.5 cm³/mol. The number of nitrogens with zero attached hydrogens (tertiary/aromatic N) is 1. The Morgan fingerprint density at radius 1 is 1.33 bits per heavy atom. The Kier molecular flexibility index (Phi) is 5.92. The summed E-state index contributed by atoms with van der Waals surface area (Å²) in [6, 6.07) is 6.30. The van der Waals surface area contributed by atoms with Gasteiger partial charge in [-0.25, -0.2) is 13.4 Å². The van der Waals surface area contributed by atoms with E-state index in [1.807, 2.05) is 12.3 Å². The molecular formula is C15H20N4O3S2. The number of benzene rings is 1. The second-order valence-electron chi connectivity index (χ2n) is 5.37. The molecule has 2 rings (SSSR count). The van der Waals surface area contributed by atoms with Gasteiger partial charge in [-0.05, 0) is 18.6 Å². The molecule has 1 aromatic heterocycles. The number of carbonyl (C=O) groups excluding carboxylic acids is 1. The van der Waals surface area contributed by atoms with Crippen molar-refractivity contribution in [1.82, 2.24) is 4.98 Å². The number of hydrogen-bond acceptors (Lipinski definition) is 6. The van der Waals surface area contributed by atoms with E-state index in [0.29, 0.717) is 22.9 Å². The average molecular weight is 368 g/mol. The highest BCUT2D eigenvalue weighted by Gasteiger charge is 2.14. The van der Waals surface area contributed by atoms with Crippen molar-refractivity contribution in [1.29, 1.82) is 0 Å². The summed E-state index contributed by atoms with van der Waals surface area (Å²) in [5.41, 5.74) is 7.77. The van der Waals surface area contributed by atoms with E-state index < -0.39 is 16.1 Å². The highest BCUT2D eigenvalue weighted by atomic mass is 32.2. The third-order valence-corrected chi connectivity index (χ3v) is 4.52. The topological polar surface area (TPSA) is 114 Å². The molecule has 0 spiro atoms. The van der Waals surface area contributed by atoms with Crippen molar-refractivity contribution in [3.63, 3.8) is 0 Å². The molecule has 0 fully saturated rings. The van der Waals surface area contributed by atoms with Crippen molar-refractivity contribution in [2.24, 2.45) is 5.73 Å². The maximum Gasteiger partial charge on any atom is 0.243 e. The quantitative estimate of drug-likeness (QED) is 0.693. The molecule has 0 radical (unpaired) electrons. The van der Waals surface area contributed by atoms with E-state index >= 15 is 0 Å². The van der Waals surface area contributed by atoms with Crippen molar-refractivity contribution in [3.05, 3.63) is 29.6 Å². The fourth-order valence-electron chi connectivity index (χ4n) is 2.03. The summed E-state index contributed by atoms with van der Waals surface area (Å²) in [5.74, 6) is -0.245. The SMILES string of the molecule is CCCC(N)C(=O)Nc1nc(-c2ccc(NS(C)(=O)=O)cc2)cs1. The van der Waals surface area contributed by atoms with Crippen LogP contribution in [0.15, 0.2) is 29.6 Å². The van der Waals surface area contributed by atoms with Crippen LogP contribution in [0.3, 0.4) is 0 Å². The fourth-order valence-corrected chi connectivity index (χ4v) is 3.31. The molecule has 4 N–H and O–H groups in total. The summed E-state index contributed by atoms with van der Waals surface area (Å²) < 4.78 is 24.8. The Bertz CT molecular complexity index is 800. The van der Waals surface area contributed by atoms with E-state index in [0.717, 1.165) is 18.2 Å². The lowest BCUT2D eigenvalue weighted by molar-refractivity contribution is -0.117. The van der Waals surface area contributed by atoms with Gasteiger partial charge in [-0.2, -0.15) is 0 Å². The second-order valence-corrected chi connectivity index (χ2v) is 7.98. The van der Waals surface area contributed by atoms with Gasteiger partial charge in [0, 0.05) is 16.6 Å². The molecule has 0 aliphatic rings. The van der Waals surface area contributed by atoms with Crippen LogP contribution < -0.4 is 15.8 Å². The number of carbonyl (C=O) groups is 1. The smallest absolute Gasteiger partial charge is 0.243 e. The van der Waals surface area contributed by atoms with Gasteiger partial charge in [0.1, 0.15) is 0 Å². The molecule has 7 nitrogen and oxygen atoms in total. The van der Waals surface area contributed by atoms with E-state index in [4.69, 9.17) is 5.73 Å². The van der Waals surface area contributed by atoms with Crippen LogP contribution in [0.5, 0.6) is 0 Å². The molecule has 2 aromatic rings. The molecule has 1 unspecified atom stereocenters. The number of thiazole rings is 1. The third-order valence-electron chi connectivity index (χ3n) is 3.15. The van der Waals surface area contributed by atoms with Crippen LogP contribution in [0.4, 0.5) is 10.8 Å². The van der Waals surface area contributed by atoms with Crippen LogP contribution in [-0.2, 0) is 14.8 Å². The summed E-state index contributed by atoms with van der Waals surface area (Å²) in [4.78, 5) is 16.3. The lowest BCUT2D eigenvalue weighted by atomic mass is 10.1. The minimum absolute atomic E-state index is 0.245. The first-order valence-electron chi connectivity index (χ1n) is 7.38. The molecule has 0 aliphatic heterocycles. The van der Waals surface area contributed by atoms with Gasteiger partial charge >= 0.3 is 0 Å². The standard InChI is InChI=1S/C15H20N4O3S2/c1-3-4-12(16)14(20)18-15-17-13(9-23-15)10-5-7-11(8-6-10)19-24(2,21)22/h5-9,12,19H,3-4,16H2,1-2H3,(H,17,18,20). The Labute approximate surface area is 145 Å². The van der Waals surface area contributed by atoms with Crippen molar-refractivity contribution < 1.29 is 13.2 Å². The number of nitrogens with one attached hydrogen (secondary N) is 2. The van der Waals surface area contributed by atoms with Crippen LogP contribution in [0.2, 0.25) is 0 Å². The number of sulfonamides is 1. The predicted octanol–water partition coefficient (Wildman–Crippen LogP) is 2.25. The molecule has 0 aliphatic carbocycles. The zero-order valence-corrected chi connectivity index (χ0v) is 15.1. The minimum atomic E-state index is -3.30. The van der Waals surface area contributed by atoms with Crippen molar-refractivity contribution >= 4 is 38.1 Å². The lowest BCUT2D eigenvalue weighted by Gasteiger charge is -2.08. The normalized spacial score (nSPS) is 12.6. The first-order valence-corrected chi connectivity index (χ1v) is 10.2. The van der Waals surface area contributed by atoms with E-state index in [1.165, 1.54) is 11.3 Å². The largest absolute Gasteiger partial charge is 0.320 e. The number of rotatable bonds is 7. The van der Waals surface area contributed by atoms with Crippen LogP contribution >= 0.6 is 11.3 Å². The number of anilines is 2. The summed E-state index contributed by atoms with van der Waals surface area (Å²) in [6.07, 6.45) is 2.56. The molecular weight excluding hydrogens is 348 g/mol. The molecule has 1 heterocycles. The van der Waals surface area contributed by atoms with Crippen LogP contribution in [0.1, 0.15) is 19.8 Å². The highest BCUT2D eigenvalue weighted by molar-refractivity contribution is 7.92. The summed E-state index contributed by atoms with van der Waals surface area (Å²) >= 11 is 1.31. The van der Waals surface area contributed by atoms with Crippen molar-refractivity contribution in [2.45, 2.75) is 25.8 Å². The maximum atomic E-state index is 11.9. The molecule has 1 amide bonds. The molecule has 130 valence electrons. The van der Waals surface area contributed by atoms with Gasteiger partial charge in [-0.1, -0.05) is 25.5 Å². The maximum absolute atomic E-state index is 11.9. The van der Waals surface area contributed by atoms with Crippen LogP contribution in [0, 0.1) is 0 Å². The average Bonchev–Trinajstić information content (AvgIpc) is 2.95. The summed E-state index contributed by atoms with van der Waals surface area (Å²) in [6.45, 7) is 1.97. The van der Waals surface area contributed by atoms with Gasteiger partial charge in [0.05, 0.1) is 18.0 Å². The van der Waals surface area contributed by atoms with Crippen molar-refractivity contribution in [3.8, 4) is 11.3 Å². The lowest BCUT2D eigenvalue weighted by Crippen LogP contribution is -2.35. The summed E-state index contributed by atoms with van der Waals surface area (Å²) in [7, 11) is -3.30. The first kappa shape index (κ1) is 18.4. The first-order chi connectivity index (χ1) is 11.3. The van der Waals surface area contributed by atoms with E-state index in [-0.39, 0.29) is 5.91 Å².